The normalized spacial score (nSPS) is 19.1. The maximum absolute atomic E-state index is 11.0. The number of nitrogens with zero attached hydrogens (tertiary/aromatic N) is 1. The summed E-state index contributed by atoms with van der Waals surface area (Å²) >= 11 is 0. The number of benzene rings is 1. The third-order valence-corrected chi connectivity index (χ3v) is 4.65. The van der Waals surface area contributed by atoms with Gasteiger partial charge in [-0.1, -0.05) is 24.3 Å². The molecule has 1 aromatic rings. The van der Waals surface area contributed by atoms with E-state index in [-0.39, 0.29) is 0 Å². The number of nitrogens with one attached hydrogen (secondary N) is 1. The minimum absolute atomic E-state index is 0.471. The van der Waals surface area contributed by atoms with Gasteiger partial charge in [-0.2, -0.15) is 0 Å². The highest BCUT2D eigenvalue weighted by Crippen LogP contribution is 2.33. The zero-order valence-corrected chi connectivity index (χ0v) is 13.1. The van der Waals surface area contributed by atoms with E-state index in [9.17, 15) is 8.42 Å². The molecule has 5 heteroatoms. The van der Waals surface area contributed by atoms with Gasteiger partial charge in [-0.15, -0.1) is 0 Å². The summed E-state index contributed by atoms with van der Waals surface area (Å²) in [6.07, 6.45) is 5.63. The molecule has 0 saturated carbocycles. The van der Waals surface area contributed by atoms with Crippen molar-refractivity contribution in [2.45, 2.75) is 31.7 Å². The fourth-order valence-corrected chi connectivity index (χ4v) is 3.44. The number of rotatable bonds is 6. The molecule has 0 saturated heterocycles. The zero-order chi connectivity index (χ0) is 14.6. The number of hydrogen-bond donors (Lipinski definition) is 1. The Hall–Kier alpha value is -0.910. The fourth-order valence-electron chi connectivity index (χ4n) is 2.93. The van der Waals surface area contributed by atoms with Crippen LogP contribution in [0.5, 0.6) is 0 Å². The lowest BCUT2D eigenvalue weighted by molar-refractivity contribution is 0.219. The molecule has 4 nitrogen and oxygen atoms in total. The van der Waals surface area contributed by atoms with Crippen LogP contribution >= 0.6 is 0 Å². The second kappa shape index (κ2) is 6.70. The Balaban J connectivity index is 1.89. The second-order valence-corrected chi connectivity index (χ2v) is 7.44. The van der Waals surface area contributed by atoms with Gasteiger partial charge in [0.15, 0.2) is 0 Å². The number of aryl methyl sites for hydroxylation is 1. The molecule has 0 amide bonds. The standard InChI is InChI=1S/C15H24N2O2S/c1-17(12-6-11-16-20(2,18)19)15-10-5-8-13-7-3-4-9-14(13)15/h3-4,7,9,15-16H,5-6,8,10-12H2,1-2H3. The minimum Gasteiger partial charge on any atom is -0.299 e. The topological polar surface area (TPSA) is 49.4 Å². The number of sulfonamides is 1. The maximum atomic E-state index is 11.0. The highest BCUT2D eigenvalue weighted by atomic mass is 32.2. The Morgan fingerprint density at radius 2 is 2.10 bits per heavy atom. The maximum Gasteiger partial charge on any atom is 0.208 e. The van der Waals surface area contributed by atoms with Crippen molar-refractivity contribution in [3.05, 3.63) is 35.4 Å². The Labute approximate surface area is 122 Å². The van der Waals surface area contributed by atoms with Gasteiger partial charge in [0.05, 0.1) is 6.26 Å². The van der Waals surface area contributed by atoms with E-state index in [1.54, 1.807) is 0 Å². The van der Waals surface area contributed by atoms with Crippen LogP contribution in [0, 0.1) is 0 Å². The van der Waals surface area contributed by atoms with Crippen LogP contribution in [0.15, 0.2) is 24.3 Å². The molecular weight excluding hydrogens is 272 g/mol. The van der Waals surface area contributed by atoms with E-state index in [2.05, 4.69) is 40.9 Å². The molecule has 1 atom stereocenters. The van der Waals surface area contributed by atoms with Gasteiger partial charge in [-0.05, 0) is 50.4 Å². The van der Waals surface area contributed by atoms with E-state index in [4.69, 9.17) is 0 Å². The van der Waals surface area contributed by atoms with Gasteiger partial charge in [-0.25, -0.2) is 13.1 Å². The largest absolute Gasteiger partial charge is 0.299 e. The quantitative estimate of drug-likeness (QED) is 0.816. The smallest absolute Gasteiger partial charge is 0.208 e. The second-order valence-electron chi connectivity index (χ2n) is 5.61. The molecule has 1 N–H and O–H groups in total. The summed E-state index contributed by atoms with van der Waals surface area (Å²) in [5, 5.41) is 0. The summed E-state index contributed by atoms with van der Waals surface area (Å²) in [5.41, 5.74) is 2.90. The predicted octanol–water partition coefficient (Wildman–Crippen LogP) is 1.94. The molecule has 1 aliphatic rings. The first-order valence-corrected chi connectivity index (χ1v) is 9.09. The van der Waals surface area contributed by atoms with Gasteiger partial charge in [0.1, 0.15) is 0 Å². The van der Waals surface area contributed by atoms with Crippen LogP contribution in [0.25, 0.3) is 0 Å². The SMILES string of the molecule is CN(CCCNS(C)(=O)=O)C1CCCc2ccccc21. The third kappa shape index (κ3) is 4.30. The first kappa shape index (κ1) is 15.5. The van der Waals surface area contributed by atoms with Gasteiger partial charge < -0.3 is 0 Å². The fraction of sp³-hybridized carbons (Fsp3) is 0.600. The lowest BCUT2D eigenvalue weighted by atomic mass is 9.87. The van der Waals surface area contributed by atoms with E-state index >= 15 is 0 Å². The lowest BCUT2D eigenvalue weighted by Crippen LogP contribution is -2.31. The average molecular weight is 296 g/mol. The summed E-state index contributed by atoms with van der Waals surface area (Å²) in [5.74, 6) is 0. The van der Waals surface area contributed by atoms with Crippen molar-refractivity contribution in [2.75, 3.05) is 26.4 Å². The van der Waals surface area contributed by atoms with Crippen molar-refractivity contribution in [1.82, 2.24) is 9.62 Å². The summed E-state index contributed by atoms with van der Waals surface area (Å²) in [6.45, 7) is 1.42. The van der Waals surface area contributed by atoms with Crippen LogP contribution in [-0.2, 0) is 16.4 Å². The summed E-state index contributed by atoms with van der Waals surface area (Å²) in [4.78, 5) is 2.35. The Morgan fingerprint density at radius 3 is 2.85 bits per heavy atom. The molecule has 0 aromatic heterocycles. The van der Waals surface area contributed by atoms with Crippen molar-refractivity contribution < 1.29 is 8.42 Å². The van der Waals surface area contributed by atoms with E-state index < -0.39 is 10.0 Å². The van der Waals surface area contributed by atoms with Crippen molar-refractivity contribution in [3.8, 4) is 0 Å². The Morgan fingerprint density at radius 1 is 1.35 bits per heavy atom. The van der Waals surface area contributed by atoms with E-state index in [1.165, 1.54) is 36.6 Å². The van der Waals surface area contributed by atoms with Crippen molar-refractivity contribution in [2.24, 2.45) is 0 Å². The Bertz CT molecular complexity index is 543. The van der Waals surface area contributed by atoms with Crippen LogP contribution in [0.4, 0.5) is 0 Å². The number of fused-ring (bicyclic) bond motifs is 1. The van der Waals surface area contributed by atoms with Crippen LogP contribution < -0.4 is 4.72 Å². The van der Waals surface area contributed by atoms with Crippen LogP contribution in [0.1, 0.15) is 36.4 Å². The predicted molar refractivity (Wildman–Crippen MR) is 82.2 cm³/mol. The molecule has 1 aliphatic carbocycles. The van der Waals surface area contributed by atoms with Crippen molar-refractivity contribution in [3.63, 3.8) is 0 Å². The summed E-state index contributed by atoms with van der Waals surface area (Å²) in [7, 11) is -0.932. The van der Waals surface area contributed by atoms with Crippen LogP contribution in [-0.4, -0.2) is 39.7 Å². The monoisotopic (exact) mass is 296 g/mol. The summed E-state index contributed by atoms with van der Waals surface area (Å²) < 4.78 is 24.6. The molecule has 0 heterocycles. The molecule has 1 aromatic carbocycles. The van der Waals surface area contributed by atoms with Gasteiger partial charge in [0.25, 0.3) is 0 Å². The number of hydrogen-bond acceptors (Lipinski definition) is 3. The first-order valence-electron chi connectivity index (χ1n) is 7.20. The van der Waals surface area contributed by atoms with Crippen molar-refractivity contribution in [1.29, 1.82) is 0 Å². The third-order valence-electron chi connectivity index (χ3n) is 3.92. The molecular formula is C15H24N2O2S. The summed E-state index contributed by atoms with van der Waals surface area (Å²) in [6, 6.07) is 9.14. The molecule has 0 radical (unpaired) electrons. The van der Waals surface area contributed by atoms with Gasteiger partial charge >= 0.3 is 0 Å². The van der Waals surface area contributed by atoms with Crippen molar-refractivity contribution >= 4 is 10.0 Å². The highest BCUT2D eigenvalue weighted by molar-refractivity contribution is 7.88. The molecule has 20 heavy (non-hydrogen) atoms. The molecule has 0 aliphatic heterocycles. The first-order chi connectivity index (χ1) is 9.47. The van der Waals surface area contributed by atoms with Gasteiger partial charge in [-0.3, -0.25) is 4.90 Å². The van der Waals surface area contributed by atoms with E-state index in [1.807, 2.05) is 0 Å². The molecule has 0 bridgehead atoms. The molecule has 1 unspecified atom stereocenters. The molecule has 0 fully saturated rings. The minimum atomic E-state index is -3.06. The zero-order valence-electron chi connectivity index (χ0n) is 12.3. The van der Waals surface area contributed by atoms with Crippen LogP contribution in [0.2, 0.25) is 0 Å². The van der Waals surface area contributed by atoms with E-state index in [0.717, 1.165) is 13.0 Å². The molecule has 2 rings (SSSR count). The Kier molecular flexibility index (Phi) is 5.18. The van der Waals surface area contributed by atoms with Gasteiger partial charge in [0, 0.05) is 12.6 Å². The highest BCUT2D eigenvalue weighted by Gasteiger charge is 2.22. The molecule has 112 valence electrons. The van der Waals surface area contributed by atoms with Gasteiger partial charge in [0.2, 0.25) is 10.0 Å². The lowest BCUT2D eigenvalue weighted by Gasteiger charge is -2.33. The van der Waals surface area contributed by atoms with Crippen LogP contribution in [0.3, 0.4) is 0 Å². The van der Waals surface area contributed by atoms with E-state index in [0.29, 0.717) is 12.6 Å². The molecule has 0 spiro atoms. The average Bonchev–Trinajstić information content (AvgIpc) is 2.41.